The summed E-state index contributed by atoms with van der Waals surface area (Å²) in [4.78, 5) is 24.4. The van der Waals surface area contributed by atoms with E-state index in [4.69, 9.17) is 9.76 Å². The molecule has 1 aliphatic rings. The van der Waals surface area contributed by atoms with Crippen LogP contribution in [0.1, 0.15) is 36.9 Å². The molecule has 4 aromatic rings. The number of halogens is 5. The maximum Gasteiger partial charge on any atom is 0.416 e. The molecule has 0 radical (unpaired) electrons. The number of nitrogens with zero attached hydrogens (tertiary/aromatic N) is 3. The third-order valence-corrected chi connectivity index (χ3v) is 8.97. The number of aryl methyl sites for hydroxylation is 1. The van der Waals surface area contributed by atoms with Crippen molar-refractivity contribution in [3.63, 3.8) is 0 Å². The maximum absolute atomic E-state index is 15.3. The predicted molar refractivity (Wildman–Crippen MR) is 175 cm³/mol. The van der Waals surface area contributed by atoms with Gasteiger partial charge in [0.25, 0.3) is 0 Å². The van der Waals surface area contributed by atoms with Gasteiger partial charge in [0.2, 0.25) is 5.95 Å². The van der Waals surface area contributed by atoms with Crippen LogP contribution in [0.3, 0.4) is 0 Å². The van der Waals surface area contributed by atoms with Crippen LogP contribution in [0.2, 0.25) is 0 Å². The quantitative estimate of drug-likeness (QED) is 0.0930. The van der Waals surface area contributed by atoms with Crippen LogP contribution in [-0.2, 0) is 22.3 Å². The van der Waals surface area contributed by atoms with Crippen LogP contribution in [0.5, 0.6) is 0 Å². The van der Waals surface area contributed by atoms with Gasteiger partial charge >= 0.3 is 12.2 Å². The topological polar surface area (TPSA) is 123 Å². The third kappa shape index (κ3) is 9.04. The van der Waals surface area contributed by atoms with Crippen molar-refractivity contribution in [1.82, 2.24) is 14.9 Å². The van der Waals surface area contributed by atoms with Crippen molar-refractivity contribution in [2.24, 2.45) is 0 Å². The molecule has 9 nitrogen and oxygen atoms in total. The molecule has 2 heterocycles. The Hall–Kier alpha value is -4.63. The predicted octanol–water partition coefficient (Wildman–Crippen LogP) is 8.28. The van der Waals surface area contributed by atoms with E-state index in [0.717, 1.165) is 32.5 Å². The summed E-state index contributed by atoms with van der Waals surface area (Å²) in [6.45, 7) is 3.13. The lowest BCUT2D eigenvalue weighted by atomic mass is 10.0. The Balaban J connectivity index is 1.34. The molecule has 254 valence electrons. The zero-order chi connectivity index (χ0) is 34.5. The summed E-state index contributed by atoms with van der Waals surface area (Å²) in [6.07, 6.45) is 2.82. The summed E-state index contributed by atoms with van der Waals surface area (Å²) in [7, 11) is -2.94. The summed E-state index contributed by atoms with van der Waals surface area (Å²) < 4.78 is 88.6. The second-order valence-electron chi connectivity index (χ2n) is 11.5. The minimum atomic E-state index is -4.75. The molecule has 0 bridgehead atoms. The second-order valence-corrected chi connectivity index (χ2v) is 13.7. The molecule has 48 heavy (non-hydrogen) atoms. The highest BCUT2D eigenvalue weighted by molar-refractivity contribution is 7.91. The lowest BCUT2D eigenvalue weighted by Gasteiger charge is -2.16. The molecular weight excluding hydrogens is 653 g/mol. The fourth-order valence-electron chi connectivity index (χ4n) is 5.35. The number of hydrogen-bond donors (Lipinski definition) is 4. The number of carbonyl (C=O) groups excluding carboxylic acids is 1. The maximum atomic E-state index is 15.3. The first-order valence-electron chi connectivity index (χ1n) is 15.2. The summed E-state index contributed by atoms with van der Waals surface area (Å²) in [5, 5.41) is 7.29. The molecule has 1 aromatic heterocycles. The summed E-state index contributed by atoms with van der Waals surface area (Å²) >= 11 is 0. The van der Waals surface area contributed by atoms with Gasteiger partial charge in [-0.05, 0) is 106 Å². The van der Waals surface area contributed by atoms with Crippen molar-refractivity contribution >= 4 is 38.8 Å². The van der Waals surface area contributed by atoms with E-state index in [2.05, 4.69) is 20.5 Å². The van der Waals surface area contributed by atoms with E-state index >= 15 is 4.39 Å². The molecule has 1 aliphatic heterocycles. The van der Waals surface area contributed by atoms with Gasteiger partial charge in [0.05, 0.1) is 32.4 Å². The Morgan fingerprint density at radius 2 is 1.71 bits per heavy atom. The van der Waals surface area contributed by atoms with Gasteiger partial charge in [-0.15, -0.1) is 0 Å². The van der Waals surface area contributed by atoms with E-state index < -0.39 is 44.8 Å². The number of amides is 2. The second kappa shape index (κ2) is 14.6. The first-order chi connectivity index (χ1) is 22.8. The van der Waals surface area contributed by atoms with E-state index in [0.29, 0.717) is 52.0 Å². The number of aromatic nitrogens is 2. The van der Waals surface area contributed by atoms with E-state index in [1.54, 1.807) is 36.5 Å². The van der Waals surface area contributed by atoms with E-state index in [1.165, 1.54) is 31.2 Å². The number of anilines is 4. The normalized spacial score (nSPS) is 14.8. The van der Waals surface area contributed by atoms with Gasteiger partial charge < -0.3 is 20.9 Å². The summed E-state index contributed by atoms with van der Waals surface area (Å²) in [5.41, 5.74) is 0.0167. The largest absolute Gasteiger partial charge is 0.416 e. The highest BCUT2D eigenvalue weighted by atomic mass is 32.2. The number of rotatable bonds is 11. The highest BCUT2D eigenvalue weighted by Crippen LogP contribution is 2.32. The van der Waals surface area contributed by atoms with Crippen LogP contribution < -0.4 is 16.0 Å². The van der Waals surface area contributed by atoms with Gasteiger partial charge in [-0.25, -0.2) is 32.5 Å². The number of nitrogens with one attached hydrogen (secondary N) is 4. The number of alkyl halides is 3. The summed E-state index contributed by atoms with van der Waals surface area (Å²) in [6, 6.07) is 11.1. The molecule has 2 amide bonds. The highest BCUT2D eigenvalue weighted by Gasteiger charge is 2.31. The Bertz CT molecular complexity index is 1900. The van der Waals surface area contributed by atoms with Crippen LogP contribution in [0.4, 0.5) is 49.8 Å². The average molecular weight is 688 g/mol. The van der Waals surface area contributed by atoms with Crippen molar-refractivity contribution in [3.8, 4) is 11.1 Å². The van der Waals surface area contributed by atoms with E-state index in [-0.39, 0.29) is 11.6 Å². The van der Waals surface area contributed by atoms with E-state index in [1.807, 2.05) is 5.32 Å². The van der Waals surface area contributed by atoms with Crippen LogP contribution in [-0.4, -0.2) is 51.0 Å². The smallest absolute Gasteiger partial charge is 0.324 e. The van der Waals surface area contributed by atoms with Crippen molar-refractivity contribution in [3.05, 3.63) is 89.8 Å². The zero-order valence-electron chi connectivity index (χ0n) is 26.0. The van der Waals surface area contributed by atoms with Crippen LogP contribution >= 0.6 is 0 Å². The molecule has 0 aliphatic carbocycles. The number of carbonyl (C=O) groups is 1. The molecule has 1 fully saturated rings. The molecule has 3 aromatic carbocycles. The van der Waals surface area contributed by atoms with Crippen molar-refractivity contribution < 1.29 is 31.0 Å². The lowest BCUT2D eigenvalue weighted by molar-refractivity contribution is -0.137. The molecule has 1 saturated heterocycles. The number of urea groups is 1. The molecule has 15 heteroatoms. The fraction of sp³-hybridized carbons (Fsp3) is 0.303. The van der Waals surface area contributed by atoms with Gasteiger partial charge in [-0.1, -0.05) is 12.1 Å². The van der Waals surface area contributed by atoms with Crippen molar-refractivity contribution in [2.75, 3.05) is 41.8 Å². The third-order valence-electron chi connectivity index (χ3n) is 7.81. The van der Waals surface area contributed by atoms with Crippen molar-refractivity contribution in [1.29, 1.82) is 4.78 Å². The number of benzene rings is 3. The molecule has 0 saturated carbocycles. The lowest BCUT2D eigenvalue weighted by Crippen LogP contribution is -2.21. The van der Waals surface area contributed by atoms with Gasteiger partial charge in [0.1, 0.15) is 11.6 Å². The molecular formula is C33H34F5N7O2S. The summed E-state index contributed by atoms with van der Waals surface area (Å²) in [5.74, 6) is -1.67. The first kappa shape index (κ1) is 34.7. The molecule has 1 atom stereocenters. The molecule has 0 spiro atoms. The minimum Gasteiger partial charge on any atom is -0.324 e. The standard InChI is InChI=1S/C33H34F5N7O2S/c1-48(39,47)24-8-6-7-23(19-24)41-31-40-20-25(28(42-31)9-2-3-14-45-15-4-5-16-45)21-10-13-29(27(35)17-21)43-32(46)44-30-18-22(33(36,37)38)11-12-26(30)34/h6-8,10-13,17-20,39H,2-5,9,14-16H2,1H3,(H,40,41,42)(H2,43,44,46)/t48-/m1/s1. The average Bonchev–Trinajstić information content (AvgIpc) is 3.54. The van der Waals surface area contributed by atoms with Gasteiger partial charge in [0, 0.05) is 28.6 Å². The number of likely N-dealkylation sites (tertiary alicyclic amines) is 1. The molecule has 4 N–H and O–H groups in total. The first-order valence-corrected chi connectivity index (χ1v) is 17.2. The Morgan fingerprint density at radius 3 is 2.42 bits per heavy atom. The Morgan fingerprint density at radius 1 is 0.958 bits per heavy atom. The van der Waals surface area contributed by atoms with E-state index in [9.17, 15) is 26.6 Å². The number of hydrogen-bond acceptors (Lipinski definition) is 7. The number of unbranched alkanes of at least 4 members (excludes halogenated alkanes) is 1. The Kier molecular flexibility index (Phi) is 10.6. The zero-order valence-corrected chi connectivity index (χ0v) is 26.8. The molecule has 5 rings (SSSR count). The van der Waals surface area contributed by atoms with Gasteiger partial charge in [0.15, 0.2) is 0 Å². The SMILES string of the molecule is C[S@@](=N)(=O)c1cccc(Nc2ncc(-c3ccc(NC(=O)Nc4cc(C(F)(F)F)ccc4F)c(F)c3)c(CCCCN3CCCC3)n2)c1. The fourth-order valence-corrected chi connectivity index (χ4v) is 6.04. The minimum absolute atomic E-state index is 0.260. The molecule has 0 unspecified atom stereocenters. The van der Waals surface area contributed by atoms with Crippen LogP contribution in [0.15, 0.2) is 71.8 Å². The van der Waals surface area contributed by atoms with Crippen LogP contribution in [0, 0.1) is 16.4 Å². The van der Waals surface area contributed by atoms with Gasteiger partial charge in [-0.3, -0.25) is 0 Å². The van der Waals surface area contributed by atoms with Gasteiger partial charge in [-0.2, -0.15) is 13.2 Å². The van der Waals surface area contributed by atoms with Crippen LogP contribution in [0.25, 0.3) is 11.1 Å². The monoisotopic (exact) mass is 687 g/mol. The Labute approximate surface area is 275 Å². The van der Waals surface area contributed by atoms with Crippen molar-refractivity contribution in [2.45, 2.75) is 43.2 Å².